The Balaban J connectivity index is 2.32. The van der Waals surface area contributed by atoms with Crippen molar-refractivity contribution >= 4 is 28.7 Å². The van der Waals surface area contributed by atoms with Gasteiger partial charge in [-0.15, -0.1) is 11.3 Å². The van der Waals surface area contributed by atoms with Crippen LogP contribution >= 0.6 is 11.3 Å². The van der Waals surface area contributed by atoms with Crippen LogP contribution in [0, 0.1) is 10.1 Å². The fourth-order valence-electron chi connectivity index (χ4n) is 1.65. The number of nitrogen functional groups attached to an aromatic ring is 1. The average molecular weight is 292 g/mol. The van der Waals surface area contributed by atoms with Gasteiger partial charge in [-0.25, -0.2) is 4.79 Å². The van der Waals surface area contributed by atoms with Crippen LogP contribution < -0.4 is 5.73 Å². The highest BCUT2D eigenvalue weighted by Crippen LogP contribution is 2.34. The van der Waals surface area contributed by atoms with Crippen molar-refractivity contribution in [1.29, 1.82) is 0 Å². The lowest BCUT2D eigenvalue weighted by Gasteiger charge is -1.99. The number of carbonyl (C=O) groups excluding carboxylic acids is 1. The second-order valence-electron chi connectivity index (χ2n) is 3.92. The summed E-state index contributed by atoms with van der Waals surface area (Å²) in [4.78, 5) is 22.9. The minimum absolute atomic E-state index is 0.0175. The zero-order valence-corrected chi connectivity index (χ0v) is 11.5. The fraction of sp³-hybridized carbons (Fsp3) is 0.154. The van der Waals surface area contributed by atoms with E-state index in [1.807, 2.05) is 0 Å². The molecule has 0 saturated carbocycles. The Morgan fingerprint density at radius 2 is 2.05 bits per heavy atom. The first-order chi connectivity index (χ1) is 9.52. The third-order valence-corrected chi connectivity index (χ3v) is 3.76. The average Bonchev–Trinajstić information content (AvgIpc) is 2.81. The maximum Gasteiger partial charge on any atom is 0.350 e. The van der Waals surface area contributed by atoms with Crippen LogP contribution in [-0.2, 0) is 4.74 Å². The molecule has 20 heavy (non-hydrogen) atoms. The molecule has 1 heterocycles. The van der Waals surface area contributed by atoms with Crippen molar-refractivity contribution in [2.24, 2.45) is 0 Å². The van der Waals surface area contributed by atoms with Gasteiger partial charge < -0.3 is 10.5 Å². The summed E-state index contributed by atoms with van der Waals surface area (Å²) in [5.74, 6) is -0.455. The van der Waals surface area contributed by atoms with Crippen LogP contribution in [0.25, 0.3) is 10.4 Å². The highest BCUT2D eigenvalue weighted by molar-refractivity contribution is 7.18. The third-order valence-electron chi connectivity index (χ3n) is 2.58. The van der Waals surface area contributed by atoms with E-state index in [2.05, 4.69) is 0 Å². The monoisotopic (exact) mass is 292 g/mol. The number of anilines is 1. The van der Waals surface area contributed by atoms with E-state index in [0.717, 1.165) is 10.4 Å². The van der Waals surface area contributed by atoms with Gasteiger partial charge in [-0.2, -0.15) is 0 Å². The number of carbonyl (C=O) groups is 1. The van der Waals surface area contributed by atoms with Gasteiger partial charge in [-0.3, -0.25) is 10.1 Å². The van der Waals surface area contributed by atoms with Crippen LogP contribution in [0.15, 0.2) is 30.3 Å². The summed E-state index contributed by atoms with van der Waals surface area (Å²) < 4.78 is 4.91. The number of non-ortho nitro benzene ring substituents is 1. The normalized spacial score (nSPS) is 10.2. The molecule has 1 aromatic carbocycles. The molecule has 0 fully saturated rings. The Labute approximate surface area is 118 Å². The summed E-state index contributed by atoms with van der Waals surface area (Å²) in [7, 11) is 0. The first-order valence-corrected chi connectivity index (χ1v) is 6.65. The number of ether oxygens (including phenoxy) is 1. The molecule has 104 valence electrons. The quantitative estimate of drug-likeness (QED) is 0.530. The predicted octanol–water partition coefficient (Wildman–Crippen LogP) is 3.08. The Bertz CT molecular complexity index is 649. The Morgan fingerprint density at radius 3 is 2.60 bits per heavy atom. The molecule has 2 aromatic rings. The van der Waals surface area contributed by atoms with Gasteiger partial charge in [-0.05, 0) is 30.7 Å². The highest BCUT2D eigenvalue weighted by Gasteiger charge is 2.16. The molecule has 0 spiro atoms. The second-order valence-corrected chi connectivity index (χ2v) is 4.97. The smallest absolute Gasteiger partial charge is 0.350 e. The summed E-state index contributed by atoms with van der Waals surface area (Å²) in [5.41, 5.74) is 6.92. The van der Waals surface area contributed by atoms with E-state index in [1.54, 1.807) is 25.1 Å². The van der Waals surface area contributed by atoms with Gasteiger partial charge in [0.05, 0.1) is 17.2 Å². The summed E-state index contributed by atoms with van der Waals surface area (Å²) in [6.45, 7) is 2.00. The summed E-state index contributed by atoms with van der Waals surface area (Å²) in [6.07, 6.45) is 0. The molecule has 1 aromatic heterocycles. The number of nitrogens with two attached hydrogens (primary N) is 1. The maximum atomic E-state index is 11.7. The Hall–Kier alpha value is -2.41. The van der Waals surface area contributed by atoms with Crippen LogP contribution in [-0.4, -0.2) is 17.5 Å². The molecule has 0 aliphatic carbocycles. The van der Waals surface area contributed by atoms with Crippen molar-refractivity contribution < 1.29 is 14.5 Å². The standard InChI is InChI=1S/C13H12N2O4S/c1-2-19-13(16)12-10(14)7-11(20-12)8-3-5-9(6-4-8)15(17)18/h3-7H,2,14H2,1H3. The van der Waals surface area contributed by atoms with Crippen molar-refractivity contribution in [2.75, 3.05) is 12.3 Å². The van der Waals surface area contributed by atoms with Gasteiger partial charge >= 0.3 is 5.97 Å². The first kappa shape index (κ1) is 14.0. The van der Waals surface area contributed by atoms with Crippen molar-refractivity contribution in [3.63, 3.8) is 0 Å². The van der Waals surface area contributed by atoms with Crippen LogP contribution in [0.1, 0.15) is 16.6 Å². The zero-order valence-electron chi connectivity index (χ0n) is 10.7. The number of thiophene rings is 1. The topological polar surface area (TPSA) is 95.5 Å². The van der Waals surface area contributed by atoms with E-state index in [1.165, 1.54) is 23.5 Å². The summed E-state index contributed by atoms with van der Waals surface area (Å²) >= 11 is 1.21. The molecular formula is C13H12N2O4S. The molecule has 0 aliphatic rings. The lowest BCUT2D eigenvalue weighted by Crippen LogP contribution is -2.04. The van der Waals surface area contributed by atoms with Crippen LogP contribution in [0.2, 0.25) is 0 Å². The third kappa shape index (κ3) is 2.77. The molecule has 0 bridgehead atoms. The predicted molar refractivity (Wildman–Crippen MR) is 76.8 cm³/mol. The number of nitro groups is 1. The molecular weight excluding hydrogens is 280 g/mol. The molecule has 2 N–H and O–H groups in total. The van der Waals surface area contributed by atoms with E-state index in [9.17, 15) is 14.9 Å². The molecule has 7 heteroatoms. The number of nitrogens with zero attached hydrogens (tertiary/aromatic N) is 1. The van der Waals surface area contributed by atoms with Crippen LogP contribution in [0.5, 0.6) is 0 Å². The molecule has 2 rings (SSSR count). The lowest BCUT2D eigenvalue weighted by atomic mass is 10.1. The van der Waals surface area contributed by atoms with Gasteiger partial charge in [0, 0.05) is 17.0 Å². The number of benzene rings is 1. The number of nitro benzene ring substituents is 1. The van der Waals surface area contributed by atoms with Crippen molar-refractivity contribution in [1.82, 2.24) is 0 Å². The fourth-order valence-corrected chi connectivity index (χ4v) is 2.63. The molecule has 0 radical (unpaired) electrons. The van der Waals surface area contributed by atoms with E-state index < -0.39 is 10.9 Å². The maximum absolute atomic E-state index is 11.7. The van der Waals surface area contributed by atoms with Crippen molar-refractivity contribution in [3.05, 3.63) is 45.3 Å². The summed E-state index contributed by atoms with van der Waals surface area (Å²) in [6, 6.07) is 7.74. The van der Waals surface area contributed by atoms with Gasteiger partial charge in [0.15, 0.2) is 0 Å². The molecule has 0 saturated heterocycles. The van der Waals surface area contributed by atoms with E-state index >= 15 is 0 Å². The Kier molecular flexibility index (Phi) is 3.99. The number of rotatable bonds is 4. The summed E-state index contributed by atoms with van der Waals surface area (Å²) in [5, 5.41) is 10.6. The minimum atomic E-state index is -0.462. The van der Waals surface area contributed by atoms with E-state index in [0.29, 0.717) is 10.6 Å². The second kappa shape index (κ2) is 5.70. The molecule has 0 unspecified atom stereocenters. The molecule has 0 aliphatic heterocycles. The lowest BCUT2D eigenvalue weighted by molar-refractivity contribution is -0.384. The van der Waals surface area contributed by atoms with Gasteiger partial charge in [-0.1, -0.05) is 0 Å². The number of hydrogen-bond acceptors (Lipinski definition) is 6. The van der Waals surface area contributed by atoms with E-state index in [-0.39, 0.29) is 12.3 Å². The largest absolute Gasteiger partial charge is 0.462 e. The van der Waals surface area contributed by atoms with Gasteiger partial charge in [0.25, 0.3) is 5.69 Å². The Morgan fingerprint density at radius 1 is 1.40 bits per heavy atom. The van der Waals surface area contributed by atoms with Gasteiger partial charge in [0.2, 0.25) is 0 Å². The molecule has 0 amide bonds. The molecule has 0 atom stereocenters. The van der Waals surface area contributed by atoms with Crippen molar-refractivity contribution in [3.8, 4) is 10.4 Å². The molecule has 6 nitrogen and oxygen atoms in total. The number of hydrogen-bond donors (Lipinski definition) is 1. The first-order valence-electron chi connectivity index (χ1n) is 5.84. The van der Waals surface area contributed by atoms with Crippen LogP contribution in [0.3, 0.4) is 0 Å². The number of esters is 1. The zero-order chi connectivity index (χ0) is 14.7. The SMILES string of the molecule is CCOC(=O)c1sc(-c2ccc([N+](=O)[O-])cc2)cc1N. The van der Waals surface area contributed by atoms with E-state index in [4.69, 9.17) is 10.5 Å². The minimum Gasteiger partial charge on any atom is -0.462 e. The van der Waals surface area contributed by atoms with Crippen LogP contribution in [0.4, 0.5) is 11.4 Å². The highest BCUT2D eigenvalue weighted by atomic mass is 32.1. The van der Waals surface area contributed by atoms with Crippen molar-refractivity contribution in [2.45, 2.75) is 6.92 Å². The van der Waals surface area contributed by atoms with Gasteiger partial charge in [0.1, 0.15) is 4.88 Å².